The molecule has 0 saturated heterocycles. The van der Waals surface area contributed by atoms with Gasteiger partial charge in [0, 0.05) is 22.9 Å². The highest BCUT2D eigenvalue weighted by molar-refractivity contribution is 5.86. The molecule has 152 valence electrons. The number of aromatic amines is 1. The minimum atomic E-state index is -0.293. The molecule has 1 aromatic heterocycles. The predicted molar refractivity (Wildman–Crippen MR) is 110 cm³/mol. The van der Waals surface area contributed by atoms with Crippen molar-refractivity contribution in [2.75, 3.05) is 20.8 Å². The van der Waals surface area contributed by atoms with Crippen LogP contribution in [0.4, 0.5) is 0 Å². The van der Waals surface area contributed by atoms with E-state index in [1.54, 1.807) is 7.11 Å². The van der Waals surface area contributed by atoms with Gasteiger partial charge in [0.1, 0.15) is 0 Å². The molecular formula is C23H27N2O4+. The molecular weight excluding hydrogens is 368 g/mol. The molecule has 0 fully saturated rings. The number of aromatic nitrogens is 1. The first kappa shape index (κ1) is 19.3. The standard InChI is InChI=1S/C23H26N2O4/c1-4-11-29-19-10-9-14(12-20(19)27-2)21-22-16(13-18(25-21)23(26)28-3)15-7-5-6-8-17(15)24-22/h5-10,12,18,21,24-25H,4,11,13H2,1-3H3/p+1/t18-,21-/m1/s1. The summed E-state index contributed by atoms with van der Waals surface area (Å²) in [5.74, 6) is 1.22. The van der Waals surface area contributed by atoms with Crippen LogP contribution < -0.4 is 14.8 Å². The second-order valence-corrected chi connectivity index (χ2v) is 7.33. The molecule has 6 heteroatoms. The van der Waals surface area contributed by atoms with Crippen molar-refractivity contribution in [3.05, 3.63) is 59.3 Å². The molecule has 1 aliphatic heterocycles. The van der Waals surface area contributed by atoms with E-state index in [2.05, 4.69) is 29.4 Å². The summed E-state index contributed by atoms with van der Waals surface area (Å²) in [6.07, 6.45) is 1.57. The summed E-state index contributed by atoms with van der Waals surface area (Å²) in [6.45, 7) is 2.71. The Morgan fingerprint density at radius 1 is 1.17 bits per heavy atom. The minimum Gasteiger partial charge on any atom is -0.493 e. The fraction of sp³-hybridized carbons (Fsp3) is 0.348. The number of para-hydroxylation sites is 1. The number of methoxy groups -OCH3 is 2. The smallest absolute Gasteiger partial charge is 0.364 e. The van der Waals surface area contributed by atoms with E-state index in [0.29, 0.717) is 18.8 Å². The van der Waals surface area contributed by atoms with Crippen LogP contribution >= 0.6 is 0 Å². The first-order valence-corrected chi connectivity index (χ1v) is 9.99. The summed E-state index contributed by atoms with van der Waals surface area (Å²) in [5, 5.41) is 3.23. The van der Waals surface area contributed by atoms with Gasteiger partial charge in [-0.05, 0) is 36.2 Å². The lowest BCUT2D eigenvalue weighted by atomic mass is 9.90. The molecule has 3 N–H and O–H groups in total. The highest BCUT2D eigenvalue weighted by Crippen LogP contribution is 2.35. The number of quaternary nitrogens is 1. The fourth-order valence-electron chi connectivity index (χ4n) is 4.12. The van der Waals surface area contributed by atoms with E-state index < -0.39 is 0 Å². The average molecular weight is 395 g/mol. The number of fused-ring (bicyclic) bond motifs is 3. The minimum absolute atomic E-state index is 0.0654. The Bertz CT molecular complexity index is 1030. The number of hydrogen-bond acceptors (Lipinski definition) is 4. The van der Waals surface area contributed by atoms with Crippen molar-refractivity contribution in [3.63, 3.8) is 0 Å². The van der Waals surface area contributed by atoms with Gasteiger partial charge in [-0.1, -0.05) is 25.1 Å². The molecule has 1 aliphatic rings. The van der Waals surface area contributed by atoms with Gasteiger partial charge in [-0.15, -0.1) is 0 Å². The average Bonchev–Trinajstić information content (AvgIpc) is 3.15. The molecule has 2 heterocycles. The van der Waals surface area contributed by atoms with E-state index >= 15 is 0 Å². The van der Waals surface area contributed by atoms with Gasteiger partial charge >= 0.3 is 5.97 Å². The number of carbonyl (C=O) groups excluding carboxylic acids is 1. The molecule has 0 aliphatic carbocycles. The summed E-state index contributed by atoms with van der Waals surface area (Å²) < 4.78 is 16.4. The molecule has 3 aromatic rings. The number of esters is 1. The van der Waals surface area contributed by atoms with Crippen LogP contribution in [0, 0.1) is 0 Å². The first-order chi connectivity index (χ1) is 14.2. The van der Waals surface area contributed by atoms with E-state index in [-0.39, 0.29) is 18.1 Å². The van der Waals surface area contributed by atoms with E-state index in [1.165, 1.54) is 12.7 Å². The molecule has 0 radical (unpaired) electrons. The van der Waals surface area contributed by atoms with Crippen LogP contribution in [0.1, 0.15) is 36.2 Å². The molecule has 0 unspecified atom stereocenters. The number of rotatable bonds is 6. The zero-order valence-electron chi connectivity index (χ0n) is 17.0. The van der Waals surface area contributed by atoms with Gasteiger partial charge in [-0.3, -0.25) is 0 Å². The van der Waals surface area contributed by atoms with E-state index in [1.807, 2.05) is 30.3 Å². The van der Waals surface area contributed by atoms with Gasteiger partial charge in [-0.25, -0.2) is 4.79 Å². The number of ether oxygens (including phenoxy) is 3. The molecule has 0 bridgehead atoms. The van der Waals surface area contributed by atoms with Crippen molar-refractivity contribution in [1.82, 2.24) is 4.98 Å². The molecule has 6 nitrogen and oxygen atoms in total. The topological polar surface area (TPSA) is 77.2 Å². The number of H-pyrrole nitrogens is 1. The molecule has 2 aromatic carbocycles. The zero-order chi connectivity index (χ0) is 20.4. The highest BCUT2D eigenvalue weighted by atomic mass is 16.5. The predicted octanol–water partition coefficient (Wildman–Crippen LogP) is 2.72. The quantitative estimate of drug-likeness (QED) is 0.629. The Kier molecular flexibility index (Phi) is 5.45. The van der Waals surface area contributed by atoms with E-state index in [0.717, 1.165) is 34.3 Å². The molecule has 0 spiro atoms. The number of nitrogens with two attached hydrogens (primary N) is 1. The van der Waals surface area contributed by atoms with Crippen LogP contribution in [-0.2, 0) is 16.0 Å². The highest BCUT2D eigenvalue weighted by Gasteiger charge is 2.38. The monoisotopic (exact) mass is 395 g/mol. The summed E-state index contributed by atoms with van der Waals surface area (Å²) in [7, 11) is 3.09. The Balaban J connectivity index is 1.79. The Morgan fingerprint density at radius 3 is 2.76 bits per heavy atom. The first-order valence-electron chi connectivity index (χ1n) is 9.99. The largest absolute Gasteiger partial charge is 0.493 e. The van der Waals surface area contributed by atoms with Crippen LogP contribution in [0.2, 0.25) is 0 Å². The number of nitrogens with one attached hydrogen (secondary N) is 1. The Hall–Kier alpha value is -2.99. The fourth-order valence-corrected chi connectivity index (χ4v) is 4.12. The maximum atomic E-state index is 12.4. The molecule has 0 amide bonds. The second-order valence-electron chi connectivity index (χ2n) is 7.33. The van der Waals surface area contributed by atoms with Crippen LogP contribution in [0.15, 0.2) is 42.5 Å². The normalized spacial score (nSPS) is 18.3. The van der Waals surface area contributed by atoms with Crippen molar-refractivity contribution in [2.24, 2.45) is 0 Å². The molecule has 29 heavy (non-hydrogen) atoms. The zero-order valence-corrected chi connectivity index (χ0v) is 17.0. The van der Waals surface area contributed by atoms with Crippen LogP contribution in [0.25, 0.3) is 10.9 Å². The van der Waals surface area contributed by atoms with Crippen LogP contribution in [-0.4, -0.2) is 37.8 Å². The summed E-state index contributed by atoms with van der Waals surface area (Å²) in [4.78, 5) is 16.0. The number of hydrogen-bond donors (Lipinski definition) is 2. The maximum absolute atomic E-state index is 12.4. The van der Waals surface area contributed by atoms with Crippen molar-refractivity contribution in [1.29, 1.82) is 0 Å². The lowest BCUT2D eigenvalue weighted by molar-refractivity contribution is -0.712. The Morgan fingerprint density at radius 2 is 2.00 bits per heavy atom. The summed E-state index contributed by atoms with van der Waals surface area (Å²) in [6, 6.07) is 13.8. The summed E-state index contributed by atoms with van der Waals surface area (Å²) in [5.41, 5.74) is 4.42. The number of benzene rings is 2. The Labute approximate surface area is 170 Å². The molecule has 4 rings (SSSR count). The van der Waals surface area contributed by atoms with E-state index in [4.69, 9.17) is 14.2 Å². The molecule has 0 saturated carbocycles. The van der Waals surface area contributed by atoms with Crippen molar-refractivity contribution in [3.8, 4) is 11.5 Å². The maximum Gasteiger partial charge on any atom is 0.364 e. The van der Waals surface area contributed by atoms with E-state index in [9.17, 15) is 4.79 Å². The third-order valence-corrected chi connectivity index (χ3v) is 5.52. The van der Waals surface area contributed by atoms with Crippen LogP contribution in [0.5, 0.6) is 11.5 Å². The lowest BCUT2D eigenvalue weighted by Gasteiger charge is -2.27. The number of carbonyl (C=O) groups is 1. The van der Waals surface area contributed by atoms with Gasteiger partial charge in [0.25, 0.3) is 0 Å². The SMILES string of the molecule is CCCOc1ccc([C@H]2[NH2+][C@@H](C(=O)OC)Cc3c2[nH]c2ccccc32)cc1OC. The van der Waals surface area contributed by atoms with Gasteiger partial charge < -0.3 is 24.5 Å². The van der Waals surface area contributed by atoms with Gasteiger partial charge in [0.2, 0.25) is 0 Å². The van der Waals surface area contributed by atoms with Gasteiger partial charge in [0.05, 0.1) is 26.5 Å². The third-order valence-electron chi connectivity index (χ3n) is 5.52. The van der Waals surface area contributed by atoms with Crippen molar-refractivity contribution in [2.45, 2.75) is 31.8 Å². The second kappa shape index (κ2) is 8.17. The van der Waals surface area contributed by atoms with Crippen molar-refractivity contribution >= 4 is 16.9 Å². The lowest BCUT2D eigenvalue weighted by Crippen LogP contribution is -2.94. The molecule has 2 atom stereocenters. The van der Waals surface area contributed by atoms with Crippen molar-refractivity contribution < 1.29 is 24.3 Å². The van der Waals surface area contributed by atoms with Gasteiger partial charge in [-0.2, -0.15) is 0 Å². The van der Waals surface area contributed by atoms with Crippen LogP contribution in [0.3, 0.4) is 0 Å². The third kappa shape index (κ3) is 3.56. The summed E-state index contributed by atoms with van der Waals surface area (Å²) >= 11 is 0. The van der Waals surface area contributed by atoms with Gasteiger partial charge in [0.15, 0.2) is 23.6 Å².